The topological polar surface area (TPSA) is 147 Å². The molecule has 0 saturated carbocycles. The lowest BCUT2D eigenvalue weighted by atomic mass is 9.98. The Labute approximate surface area is 256 Å². The van der Waals surface area contributed by atoms with Crippen molar-refractivity contribution in [3.63, 3.8) is 0 Å². The highest BCUT2D eigenvalue weighted by Crippen LogP contribution is 2.28. The molecule has 1 aliphatic rings. The number of ether oxygens (including phenoxy) is 2. The van der Waals surface area contributed by atoms with Crippen LogP contribution in [0.4, 0.5) is 0 Å². The summed E-state index contributed by atoms with van der Waals surface area (Å²) in [5.41, 5.74) is 1.76. The van der Waals surface area contributed by atoms with Crippen molar-refractivity contribution in [1.82, 2.24) is 19.2 Å². The summed E-state index contributed by atoms with van der Waals surface area (Å²) in [6.45, 7) is 6.13. The van der Waals surface area contributed by atoms with Crippen LogP contribution >= 0.6 is 0 Å². The molecule has 3 heterocycles. The molecule has 12 heteroatoms. The van der Waals surface area contributed by atoms with Crippen LogP contribution in [-0.4, -0.2) is 59.5 Å². The molecule has 2 aromatic heterocycles. The van der Waals surface area contributed by atoms with Crippen molar-refractivity contribution in [1.29, 1.82) is 5.26 Å². The van der Waals surface area contributed by atoms with Crippen molar-refractivity contribution in [3.05, 3.63) is 83.8 Å². The number of sulfonamides is 1. The molecule has 0 bridgehead atoms. The van der Waals surface area contributed by atoms with Crippen LogP contribution in [0, 0.1) is 11.3 Å². The maximum atomic E-state index is 14.0. The van der Waals surface area contributed by atoms with Crippen LogP contribution in [0.2, 0.25) is 0 Å². The first-order chi connectivity index (χ1) is 21.0. The van der Waals surface area contributed by atoms with Crippen molar-refractivity contribution >= 4 is 32.8 Å². The zero-order chi connectivity index (χ0) is 31.5. The minimum Gasteiger partial charge on any atom is -0.476 e. The summed E-state index contributed by atoms with van der Waals surface area (Å²) in [6, 6.07) is 16.6. The Morgan fingerprint density at radius 2 is 1.95 bits per heavy atom. The zero-order valence-electron chi connectivity index (χ0n) is 24.9. The van der Waals surface area contributed by atoms with Gasteiger partial charge in [0.2, 0.25) is 15.9 Å². The van der Waals surface area contributed by atoms with Crippen molar-refractivity contribution in [3.8, 4) is 11.8 Å². The van der Waals surface area contributed by atoms with Gasteiger partial charge in [0.05, 0.1) is 11.5 Å². The van der Waals surface area contributed by atoms with Gasteiger partial charge in [-0.05, 0) is 87.2 Å². The second-order valence-electron chi connectivity index (χ2n) is 11.1. The number of benzene rings is 2. The number of aryl methyl sites for hydroxylation is 1. The number of H-pyrrole nitrogens is 1. The number of amides is 1. The molecule has 0 spiro atoms. The maximum Gasteiger partial charge on any atom is 0.349 e. The Kier molecular flexibility index (Phi) is 8.80. The lowest BCUT2D eigenvalue weighted by Crippen LogP contribution is -2.50. The lowest BCUT2D eigenvalue weighted by Gasteiger charge is -2.33. The highest BCUT2D eigenvalue weighted by atomic mass is 32.2. The number of hydrogen-bond donors (Lipinski definition) is 2. The Hall–Kier alpha value is -4.60. The van der Waals surface area contributed by atoms with E-state index >= 15 is 0 Å². The fraction of sp³-hybridized carbons (Fsp3) is 0.344. The fourth-order valence-corrected chi connectivity index (χ4v) is 6.85. The van der Waals surface area contributed by atoms with Gasteiger partial charge in [0.25, 0.3) is 0 Å². The van der Waals surface area contributed by atoms with E-state index in [1.54, 1.807) is 85.1 Å². The SMILES string of the molecule is CCOC(=O)C(C)(C)Oc1ccc2c(c1)CN(C(=O)C(CCn1cccc1C#N)NS(=O)(=O)c1cccc3[nH]ccc13)CC2. The van der Waals surface area contributed by atoms with Gasteiger partial charge in [-0.2, -0.15) is 9.98 Å². The molecule has 5 rings (SSSR count). The van der Waals surface area contributed by atoms with Crippen LogP contribution in [0.3, 0.4) is 0 Å². The third-order valence-electron chi connectivity index (χ3n) is 7.68. The normalized spacial score (nSPS) is 14.1. The monoisotopic (exact) mass is 617 g/mol. The van der Waals surface area contributed by atoms with E-state index in [0.29, 0.717) is 35.3 Å². The number of rotatable bonds is 11. The molecule has 11 nitrogen and oxygen atoms in total. The number of nitriles is 1. The minimum atomic E-state index is -4.10. The first-order valence-corrected chi connectivity index (χ1v) is 15.9. The van der Waals surface area contributed by atoms with Gasteiger partial charge in [-0.3, -0.25) is 4.79 Å². The number of hydrogen-bond acceptors (Lipinski definition) is 7. The quantitative estimate of drug-likeness (QED) is 0.243. The predicted molar refractivity (Wildman–Crippen MR) is 163 cm³/mol. The summed E-state index contributed by atoms with van der Waals surface area (Å²) < 4.78 is 42.9. The number of esters is 1. The van der Waals surface area contributed by atoms with E-state index in [4.69, 9.17) is 9.47 Å². The lowest BCUT2D eigenvalue weighted by molar-refractivity contribution is -0.158. The summed E-state index contributed by atoms with van der Waals surface area (Å²) >= 11 is 0. The summed E-state index contributed by atoms with van der Waals surface area (Å²) in [5.74, 6) is -0.392. The molecule has 1 amide bonds. The fourth-order valence-electron chi connectivity index (χ4n) is 5.40. The smallest absolute Gasteiger partial charge is 0.349 e. The molecule has 1 unspecified atom stereocenters. The molecule has 0 saturated heterocycles. The van der Waals surface area contributed by atoms with Gasteiger partial charge < -0.3 is 23.9 Å². The molecule has 2 aromatic carbocycles. The van der Waals surface area contributed by atoms with Crippen LogP contribution < -0.4 is 9.46 Å². The largest absolute Gasteiger partial charge is 0.476 e. The summed E-state index contributed by atoms with van der Waals surface area (Å²) in [7, 11) is -4.10. The summed E-state index contributed by atoms with van der Waals surface area (Å²) in [5, 5.41) is 9.97. The first-order valence-electron chi connectivity index (χ1n) is 14.4. The average Bonchev–Trinajstić information content (AvgIpc) is 3.67. The Morgan fingerprint density at radius 3 is 2.73 bits per heavy atom. The molecular formula is C32H35N5O6S. The Morgan fingerprint density at radius 1 is 1.14 bits per heavy atom. The summed E-state index contributed by atoms with van der Waals surface area (Å²) in [6.07, 6.45) is 4.09. The van der Waals surface area contributed by atoms with Crippen LogP contribution in [0.15, 0.2) is 71.9 Å². The van der Waals surface area contributed by atoms with Crippen molar-refractivity contribution in [2.24, 2.45) is 0 Å². The van der Waals surface area contributed by atoms with Gasteiger partial charge in [0, 0.05) is 42.9 Å². The molecule has 0 radical (unpaired) electrons. The third kappa shape index (κ3) is 6.49. The van der Waals surface area contributed by atoms with Crippen LogP contribution in [0.25, 0.3) is 10.9 Å². The third-order valence-corrected chi connectivity index (χ3v) is 9.21. The van der Waals surface area contributed by atoms with Gasteiger partial charge >= 0.3 is 5.97 Å². The van der Waals surface area contributed by atoms with Crippen LogP contribution in [0.1, 0.15) is 44.0 Å². The molecule has 2 N–H and O–H groups in total. The molecule has 0 aliphatic carbocycles. The highest BCUT2D eigenvalue weighted by Gasteiger charge is 2.34. The standard InChI is InChI=1S/C32H35N5O6S/c1-4-42-31(39)32(2,3)43-25-11-10-22-13-17-37(21-23(22)19-25)30(38)28(14-18-36-16-6-7-24(36)20-33)35-44(40,41)29-9-5-8-27-26(29)12-15-34-27/h5-12,15-16,19,28,34-35H,4,13-14,17-18,21H2,1-3H3. The molecule has 230 valence electrons. The number of fused-ring (bicyclic) bond motifs is 2. The molecule has 0 fully saturated rings. The molecule has 1 aliphatic heterocycles. The number of nitrogens with zero attached hydrogens (tertiary/aromatic N) is 3. The van der Waals surface area contributed by atoms with Crippen molar-refractivity contribution in [2.45, 2.75) is 63.2 Å². The Balaban J connectivity index is 1.39. The number of aromatic nitrogens is 2. The van der Waals surface area contributed by atoms with Crippen LogP contribution in [0.5, 0.6) is 5.75 Å². The predicted octanol–water partition coefficient (Wildman–Crippen LogP) is 3.88. The molecule has 4 aromatic rings. The van der Waals surface area contributed by atoms with Crippen LogP contribution in [-0.2, 0) is 43.9 Å². The molecule has 1 atom stereocenters. The number of carbonyl (C=O) groups is 2. The van der Waals surface area contributed by atoms with Gasteiger partial charge in [0.1, 0.15) is 23.6 Å². The van der Waals surface area contributed by atoms with E-state index in [0.717, 1.165) is 11.1 Å². The number of nitrogens with one attached hydrogen (secondary N) is 2. The average molecular weight is 618 g/mol. The second kappa shape index (κ2) is 12.6. The highest BCUT2D eigenvalue weighted by molar-refractivity contribution is 7.89. The zero-order valence-corrected chi connectivity index (χ0v) is 25.7. The second-order valence-corrected chi connectivity index (χ2v) is 12.8. The maximum absolute atomic E-state index is 14.0. The number of carbonyl (C=O) groups excluding carboxylic acids is 2. The molecule has 44 heavy (non-hydrogen) atoms. The van der Waals surface area contributed by atoms with E-state index in [1.807, 2.05) is 6.07 Å². The van der Waals surface area contributed by atoms with Crippen molar-refractivity contribution < 1.29 is 27.5 Å². The Bertz CT molecular complexity index is 1830. The van der Waals surface area contributed by atoms with E-state index in [-0.39, 0.29) is 36.9 Å². The minimum absolute atomic E-state index is 0.0720. The molecular weight excluding hydrogens is 582 g/mol. The van der Waals surface area contributed by atoms with E-state index in [2.05, 4.69) is 15.8 Å². The first kappa shape index (κ1) is 30.8. The van der Waals surface area contributed by atoms with Gasteiger partial charge in [0.15, 0.2) is 5.60 Å². The number of aromatic amines is 1. The van der Waals surface area contributed by atoms with Gasteiger partial charge in [-0.15, -0.1) is 0 Å². The van der Waals surface area contributed by atoms with Gasteiger partial charge in [-0.25, -0.2) is 13.2 Å². The van der Waals surface area contributed by atoms with E-state index in [1.165, 1.54) is 6.07 Å². The van der Waals surface area contributed by atoms with E-state index < -0.39 is 27.6 Å². The van der Waals surface area contributed by atoms with Crippen molar-refractivity contribution in [2.75, 3.05) is 13.2 Å². The van der Waals surface area contributed by atoms with Gasteiger partial charge in [-0.1, -0.05) is 12.1 Å². The van der Waals surface area contributed by atoms with E-state index in [9.17, 15) is 23.3 Å². The summed E-state index contributed by atoms with van der Waals surface area (Å²) in [4.78, 5) is 31.1.